The zero-order chi connectivity index (χ0) is 11.0. The minimum Gasteiger partial charge on any atom is -0.363 e. The van der Waals surface area contributed by atoms with Crippen LogP contribution in [0.4, 0.5) is 0 Å². The van der Waals surface area contributed by atoms with Crippen LogP contribution in [0.1, 0.15) is 48.0 Å². The molecule has 0 aromatic heterocycles. The highest BCUT2D eigenvalue weighted by molar-refractivity contribution is 7.99. The summed E-state index contributed by atoms with van der Waals surface area (Å²) in [6.45, 7) is 13.8. The van der Waals surface area contributed by atoms with Gasteiger partial charge < -0.3 is 4.74 Å². The minimum atomic E-state index is 0.0330. The molecule has 0 N–H and O–H groups in total. The smallest absolute Gasteiger partial charge is 0.0929 e. The third-order valence-corrected chi connectivity index (χ3v) is 4.19. The van der Waals surface area contributed by atoms with Crippen LogP contribution in [0.5, 0.6) is 0 Å². The van der Waals surface area contributed by atoms with Gasteiger partial charge in [0.25, 0.3) is 0 Å². The molecule has 2 heteroatoms. The summed E-state index contributed by atoms with van der Waals surface area (Å²) in [4.78, 5) is 0. The fourth-order valence-corrected chi connectivity index (χ4v) is 3.63. The van der Waals surface area contributed by atoms with Crippen LogP contribution in [0.25, 0.3) is 0 Å². The number of hydrogen-bond donors (Lipinski definition) is 0. The van der Waals surface area contributed by atoms with Crippen molar-refractivity contribution in [2.75, 3.05) is 11.7 Å². The summed E-state index contributed by atoms with van der Waals surface area (Å²) in [6, 6.07) is 0. The highest BCUT2D eigenvalue weighted by atomic mass is 32.2. The van der Waals surface area contributed by atoms with Crippen LogP contribution in [-0.4, -0.2) is 17.3 Å². The van der Waals surface area contributed by atoms with Crippen molar-refractivity contribution >= 4 is 11.8 Å². The molecule has 1 aliphatic heterocycles. The lowest BCUT2D eigenvalue weighted by Crippen LogP contribution is -2.56. The molecule has 1 fully saturated rings. The largest absolute Gasteiger partial charge is 0.363 e. The molecule has 0 aliphatic carbocycles. The van der Waals surface area contributed by atoms with Crippen LogP contribution < -0.4 is 0 Å². The molecule has 1 heterocycles. The number of thioether (sulfide) groups is 1. The van der Waals surface area contributed by atoms with E-state index in [1.54, 1.807) is 0 Å². The summed E-state index contributed by atoms with van der Waals surface area (Å²) >= 11 is 1.91. The Hall–Kier alpha value is 0.310. The average Bonchev–Trinajstić information content (AvgIpc) is 2.02. The van der Waals surface area contributed by atoms with Gasteiger partial charge in [0.05, 0.1) is 11.5 Å². The van der Waals surface area contributed by atoms with Crippen LogP contribution >= 0.6 is 11.8 Å². The van der Waals surface area contributed by atoms with Crippen molar-refractivity contribution in [2.24, 2.45) is 10.8 Å². The molecular formula is C12H24OS. The van der Waals surface area contributed by atoms with Crippen molar-refractivity contribution < 1.29 is 4.74 Å². The molecule has 0 aromatic rings. The molecule has 0 radical (unpaired) electrons. The maximum absolute atomic E-state index is 6.16. The lowest BCUT2D eigenvalue weighted by Gasteiger charge is -2.54. The molecule has 0 spiro atoms. The first-order valence-electron chi connectivity index (χ1n) is 5.42. The summed E-state index contributed by atoms with van der Waals surface area (Å²) in [5.74, 6) is 2.09. The Kier molecular flexibility index (Phi) is 3.28. The van der Waals surface area contributed by atoms with Gasteiger partial charge in [-0.3, -0.25) is 0 Å². The summed E-state index contributed by atoms with van der Waals surface area (Å²) < 4.78 is 6.16. The molecule has 0 bridgehead atoms. The van der Waals surface area contributed by atoms with Gasteiger partial charge >= 0.3 is 0 Å². The monoisotopic (exact) mass is 216 g/mol. The number of ether oxygens (including phenoxy) is 1. The highest BCUT2D eigenvalue weighted by Gasteiger charge is 2.52. The normalized spacial score (nSPS) is 23.6. The summed E-state index contributed by atoms with van der Waals surface area (Å²) in [5.41, 5.74) is 0.462. The molecule has 0 saturated carbocycles. The van der Waals surface area contributed by atoms with Gasteiger partial charge in [-0.15, -0.1) is 11.8 Å². The maximum atomic E-state index is 6.16. The number of hydrogen-bond acceptors (Lipinski definition) is 2. The Morgan fingerprint density at radius 2 is 1.50 bits per heavy atom. The van der Waals surface area contributed by atoms with Gasteiger partial charge in [-0.25, -0.2) is 0 Å². The standard InChI is InChI=1S/C12H24OS/c1-10(2,3)12(11(4,5)6)7-8-14-9-13-12/h7-9H2,1-6H3. The second kappa shape index (κ2) is 3.71. The fraction of sp³-hybridized carbons (Fsp3) is 1.00. The van der Waals surface area contributed by atoms with Crippen LogP contribution in [-0.2, 0) is 4.74 Å². The fourth-order valence-electron chi connectivity index (χ4n) is 2.80. The van der Waals surface area contributed by atoms with E-state index < -0.39 is 0 Å². The average molecular weight is 216 g/mol. The molecule has 84 valence electrons. The Balaban J connectivity index is 3.01. The van der Waals surface area contributed by atoms with E-state index >= 15 is 0 Å². The summed E-state index contributed by atoms with van der Waals surface area (Å²) in [5, 5.41) is 0. The Bertz CT molecular complexity index is 175. The molecule has 0 amide bonds. The van der Waals surface area contributed by atoms with Gasteiger partial charge in [0.2, 0.25) is 0 Å². The molecular weight excluding hydrogens is 192 g/mol. The van der Waals surface area contributed by atoms with E-state index in [0.29, 0.717) is 0 Å². The molecule has 0 atom stereocenters. The van der Waals surface area contributed by atoms with Crippen molar-refractivity contribution in [3.05, 3.63) is 0 Å². The first-order valence-corrected chi connectivity index (χ1v) is 6.58. The van der Waals surface area contributed by atoms with E-state index in [4.69, 9.17) is 4.74 Å². The molecule has 0 unspecified atom stereocenters. The molecule has 14 heavy (non-hydrogen) atoms. The van der Waals surface area contributed by atoms with E-state index in [0.717, 1.165) is 5.94 Å². The van der Waals surface area contributed by atoms with Gasteiger partial charge in [-0.2, -0.15) is 0 Å². The van der Waals surface area contributed by atoms with Gasteiger partial charge in [0, 0.05) is 0 Å². The summed E-state index contributed by atoms with van der Waals surface area (Å²) in [7, 11) is 0. The van der Waals surface area contributed by atoms with Gasteiger partial charge in [-0.05, 0) is 23.0 Å². The van der Waals surface area contributed by atoms with Crippen molar-refractivity contribution in [2.45, 2.75) is 53.6 Å². The molecule has 1 nitrogen and oxygen atoms in total. The van der Waals surface area contributed by atoms with Crippen molar-refractivity contribution in [1.29, 1.82) is 0 Å². The van der Waals surface area contributed by atoms with Crippen LogP contribution in [0.3, 0.4) is 0 Å². The minimum absolute atomic E-state index is 0.0330. The second-order valence-electron chi connectivity index (χ2n) is 6.25. The molecule has 1 rings (SSSR count). The Morgan fingerprint density at radius 1 is 1.00 bits per heavy atom. The van der Waals surface area contributed by atoms with E-state index in [1.807, 2.05) is 11.8 Å². The first-order chi connectivity index (χ1) is 6.21. The van der Waals surface area contributed by atoms with Crippen LogP contribution in [0.2, 0.25) is 0 Å². The van der Waals surface area contributed by atoms with Gasteiger partial charge in [0.15, 0.2) is 0 Å². The third kappa shape index (κ3) is 1.96. The molecule has 0 aromatic carbocycles. The lowest BCUT2D eigenvalue weighted by molar-refractivity contribution is -0.172. The van der Waals surface area contributed by atoms with Crippen molar-refractivity contribution in [1.82, 2.24) is 0 Å². The predicted molar refractivity (Wildman–Crippen MR) is 64.7 cm³/mol. The molecule has 1 saturated heterocycles. The van der Waals surface area contributed by atoms with Crippen molar-refractivity contribution in [3.8, 4) is 0 Å². The van der Waals surface area contributed by atoms with E-state index in [-0.39, 0.29) is 16.4 Å². The second-order valence-corrected chi connectivity index (χ2v) is 7.30. The van der Waals surface area contributed by atoms with Gasteiger partial charge in [-0.1, -0.05) is 41.5 Å². The summed E-state index contributed by atoms with van der Waals surface area (Å²) in [6.07, 6.45) is 1.17. The number of rotatable bonds is 0. The maximum Gasteiger partial charge on any atom is 0.0929 e. The van der Waals surface area contributed by atoms with Gasteiger partial charge in [0.1, 0.15) is 0 Å². The van der Waals surface area contributed by atoms with E-state index in [2.05, 4.69) is 41.5 Å². The predicted octanol–water partition coefficient (Wildman–Crippen LogP) is 3.93. The third-order valence-electron chi connectivity index (χ3n) is 3.41. The zero-order valence-corrected chi connectivity index (χ0v) is 11.3. The van der Waals surface area contributed by atoms with Crippen molar-refractivity contribution in [3.63, 3.8) is 0 Å². The highest BCUT2D eigenvalue weighted by Crippen LogP contribution is 2.51. The lowest BCUT2D eigenvalue weighted by atomic mass is 9.61. The zero-order valence-electron chi connectivity index (χ0n) is 10.4. The molecule has 1 aliphatic rings. The SMILES string of the molecule is CC(C)(C)C1(C(C)(C)C)CCSCO1. The van der Waals surface area contributed by atoms with E-state index in [1.165, 1.54) is 12.2 Å². The topological polar surface area (TPSA) is 9.23 Å². The van der Waals surface area contributed by atoms with Crippen LogP contribution in [0, 0.1) is 10.8 Å². The van der Waals surface area contributed by atoms with Crippen LogP contribution in [0.15, 0.2) is 0 Å². The van der Waals surface area contributed by atoms with E-state index in [9.17, 15) is 0 Å². The Labute approximate surface area is 93.0 Å². The Morgan fingerprint density at radius 3 is 1.71 bits per heavy atom. The first kappa shape index (κ1) is 12.4. The quantitative estimate of drug-likeness (QED) is 0.607.